The molecule has 1 saturated heterocycles. The van der Waals surface area contributed by atoms with Crippen molar-refractivity contribution in [3.05, 3.63) is 40.1 Å². The Morgan fingerprint density at radius 1 is 1.19 bits per heavy atom. The molecule has 3 heterocycles. The van der Waals surface area contributed by atoms with Crippen LogP contribution in [0.25, 0.3) is 5.13 Å². The van der Waals surface area contributed by atoms with Crippen molar-refractivity contribution in [3.8, 4) is 5.13 Å². The standard InChI is InChI=1S/C14H17BN2O3S/c1-13(2)14(3,4)20-15(19-13)10-9-21-12(16-10)17-8-6-5-7-11(17)18/h5-9H,1-4H3. The number of aromatic nitrogens is 2. The van der Waals surface area contributed by atoms with Crippen LogP contribution in [0, 0.1) is 0 Å². The van der Waals surface area contributed by atoms with Gasteiger partial charge in [0.2, 0.25) is 0 Å². The summed E-state index contributed by atoms with van der Waals surface area (Å²) in [5.41, 5.74) is -0.201. The third-order valence-electron chi connectivity index (χ3n) is 4.03. The van der Waals surface area contributed by atoms with E-state index in [1.165, 1.54) is 22.0 Å². The third-order valence-corrected chi connectivity index (χ3v) is 4.89. The summed E-state index contributed by atoms with van der Waals surface area (Å²) in [6.45, 7) is 8.01. The van der Waals surface area contributed by atoms with Crippen LogP contribution in [0.5, 0.6) is 0 Å². The zero-order chi connectivity index (χ0) is 15.3. The molecule has 0 spiro atoms. The smallest absolute Gasteiger partial charge is 0.398 e. The lowest BCUT2D eigenvalue weighted by Gasteiger charge is -2.32. The van der Waals surface area contributed by atoms with E-state index in [1.54, 1.807) is 18.3 Å². The molecule has 0 unspecified atom stereocenters. The van der Waals surface area contributed by atoms with Crippen LogP contribution >= 0.6 is 11.3 Å². The van der Waals surface area contributed by atoms with Crippen LogP contribution in [0.3, 0.4) is 0 Å². The molecule has 2 aromatic rings. The molecule has 110 valence electrons. The van der Waals surface area contributed by atoms with Crippen molar-refractivity contribution >= 4 is 24.0 Å². The third kappa shape index (κ3) is 2.45. The van der Waals surface area contributed by atoms with Crippen LogP contribution in [-0.2, 0) is 9.31 Å². The van der Waals surface area contributed by atoms with Crippen LogP contribution in [0.15, 0.2) is 34.6 Å². The highest BCUT2D eigenvalue weighted by Crippen LogP contribution is 2.36. The van der Waals surface area contributed by atoms with Gasteiger partial charge in [0, 0.05) is 17.6 Å². The highest BCUT2D eigenvalue weighted by Gasteiger charge is 2.52. The number of thiazole rings is 1. The first-order valence-electron chi connectivity index (χ1n) is 6.79. The fourth-order valence-electron chi connectivity index (χ4n) is 2.04. The monoisotopic (exact) mass is 304 g/mol. The van der Waals surface area contributed by atoms with Crippen LogP contribution in [-0.4, -0.2) is 27.9 Å². The molecule has 0 aliphatic carbocycles. The van der Waals surface area contributed by atoms with Gasteiger partial charge in [0.25, 0.3) is 5.56 Å². The average Bonchev–Trinajstić information content (AvgIpc) is 2.94. The van der Waals surface area contributed by atoms with Crippen molar-refractivity contribution in [3.63, 3.8) is 0 Å². The Morgan fingerprint density at radius 3 is 2.48 bits per heavy atom. The van der Waals surface area contributed by atoms with Crippen molar-refractivity contribution in [2.45, 2.75) is 38.9 Å². The van der Waals surface area contributed by atoms with Crippen LogP contribution in [0.1, 0.15) is 27.7 Å². The summed E-state index contributed by atoms with van der Waals surface area (Å²) in [5, 5.41) is 2.49. The van der Waals surface area contributed by atoms with Gasteiger partial charge in [-0.2, -0.15) is 0 Å². The molecule has 0 saturated carbocycles. The highest BCUT2D eigenvalue weighted by molar-refractivity contribution is 7.13. The maximum atomic E-state index is 11.8. The molecule has 2 aromatic heterocycles. The van der Waals surface area contributed by atoms with E-state index in [4.69, 9.17) is 9.31 Å². The van der Waals surface area contributed by atoms with E-state index < -0.39 is 18.3 Å². The predicted octanol–water partition coefficient (Wildman–Crippen LogP) is 1.59. The molecule has 0 N–H and O–H groups in total. The Morgan fingerprint density at radius 2 is 1.86 bits per heavy atom. The number of hydrogen-bond donors (Lipinski definition) is 0. The van der Waals surface area contributed by atoms with Crippen LogP contribution in [0.2, 0.25) is 0 Å². The number of nitrogens with zero attached hydrogens (tertiary/aromatic N) is 2. The lowest BCUT2D eigenvalue weighted by Crippen LogP contribution is -2.41. The van der Waals surface area contributed by atoms with Crippen LogP contribution < -0.4 is 11.2 Å². The minimum Gasteiger partial charge on any atom is -0.398 e. The Balaban J connectivity index is 1.91. The molecular formula is C14H17BN2O3S. The number of rotatable bonds is 2. The van der Waals surface area contributed by atoms with Gasteiger partial charge < -0.3 is 9.31 Å². The van der Waals surface area contributed by atoms with Gasteiger partial charge >= 0.3 is 7.12 Å². The number of pyridine rings is 1. The Bertz CT molecular complexity index is 707. The minimum atomic E-state index is -0.501. The molecule has 21 heavy (non-hydrogen) atoms. The molecule has 5 nitrogen and oxygen atoms in total. The molecule has 0 atom stereocenters. The largest absolute Gasteiger partial charge is 0.515 e. The summed E-state index contributed by atoms with van der Waals surface area (Å²) >= 11 is 1.40. The fourth-order valence-corrected chi connectivity index (χ4v) is 2.86. The predicted molar refractivity (Wildman–Crippen MR) is 83.4 cm³/mol. The van der Waals surface area contributed by atoms with Crippen molar-refractivity contribution < 1.29 is 9.31 Å². The topological polar surface area (TPSA) is 53.4 Å². The zero-order valence-electron chi connectivity index (χ0n) is 12.5. The molecule has 0 bridgehead atoms. The SMILES string of the molecule is CC1(C)OB(c2csc(-n3ccccc3=O)n2)OC1(C)C. The van der Waals surface area contributed by atoms with Gasteiger partial charge in [-0.15, -0.1) is 11.3 Å². The second-order valence-corrected chi connectivity index (χ2v) is 6.89. The molecule has 1 aliphatic heterocycles. The summed E-state index contributed by atoms with van der Waals surface area (Å²) in [6.07, 6.45) is 1.70. The van der Waals surface area contributed by atoms with Gasteiger partial charge in [0.1, 0.15) is 0 Å². The highest BCUT2D eigenvalue weighted by atomic mass is 32.1. The van der Waals surface area contributed by atoms with E-state index in [1.807, 2.05) is 33.1 Å². The Labute approximate surface area is 127 Å². The molecule has 1 fully saturated rings. The first-order valence-corrected chi connectivity index (χ1v) is 7.67. The quantitative estimate of drug-likeness (QED) is 0.791. The van der Waals surface area contributed by atoms with Gasteiger partial charge in [-0.3, -0.25) is 9.36 Å². The molecule has 7 heteroatoms. The summed E-state index contributed by atoms with van der Waals surface area (Å²) in [4.78, 5) is 16.3. The first kappa shape index (κ1) is 14.5. The summed E-state index contributed by atoms with van der Waals surface area (Å²) < 4.78 is 13.4. The van der Waals surface area contributed by atoms with Crippen molar-refractivity contribution in [1.82, 2.24) is 9.55 Å². The normalized spacial score (nSPS) is 19.9. The molecule has 1 aliphatic rings. The van der Waals surface area contributed by atoms with E-state index in [0.717, 1.165) is 0 Å². The molecule has 0 radical (unpaired) electrons. The van der Waals surface area contributed by atoms with Crippen molar-refractivity contribution in [2.75, 3.05) is 0 Å². The van der Waals surface area contributed by atoms with Gasteiger partial charge in [-0.1, -0.05) is 6.07 Å². The molecule has 0 aromatic carbocycles. The molecule has 3 rings (SSSR count). The van der Waals surface area contributed by atoms with Crippen LogP contribution in [0.4, 0.5) is 0 Å². The van der Waals surface area contributed by atoms with Crippen molar-refractivity contribution in [2.24, 2.45) is 0 Å². The van der Waals surface area contributed by atoms with E-state index in [2.05, 4.69) is 4.98 Å². The van der Waals surface area contributed by atoms with Gasteiger partial charge in [0.05, 0.1) is 16.8 Å². The summed E-state index contributed by atoms with van der Waals surface area (Å²) in [7, 11) is -0.501. The second-order valence-electron chi connectivity index (χ2n) is 6.05. The first-order chi connectivity index (χ1) is 9.80. The summed E-state index contributed by atoms with van der Waals surface area (Å²) in [5.74, 6) is 0. The van der Waals surface area contributed by atoms with Gasteiger partial charge in [0.15, 0.2) is 5.13 Å². The lowest BCUT2D eigenvalue weighted by atomic mass is 9.86. The number of hydrogen-bond acceptors (Lipinski definition) is 5. The van der Waals surface area contributed by atoms with E-state index in [-0.39, 0.29) is 5.56 Å². The maximum absolute atomic E-state index is 11.8. The van der Waals surface area contributed by atoms with Gasteiger partial charge in [-0.25, -0.2) is 4.98 Å². The minimum absolute atomic E-state index is 0.104. The Kier molecular flexibility index (Phi) is 3.31. The van der Waals surface area contributed by atoms with E-state index >= 15 is 0 Å². The van der Waals surface area contributed by atoms with Gasteiger partial charge in [-0.05, 0) is 33.8 Å². The summed E-state index contributed by atoms with van der Waals surface area (Å²) in [6, 6.07) is 5.02. The zero-order valence-corrected chi connectivity index (χ0v) is 13.3. The molecule has 0 amide bonds. The average molecular weight is 304 g/mol. The van der Waals surface area contributed by atoms with E-state index in [0.29, 0.717) is 10.7 Å². The maximum Gasteiger partial charge on any atom is 0.515 e. The Hall–Kier alpha value is -1.44. The lowest BCUT2D eigenvalue weighted by molar-refractivity contribution is 0.00578. The van der Waals surface area contributed by atoms with E-state index in [9.17, 15) is 4.79 Å². The fraction of sp³-hybridized carbons (Fsp3) is 0.429. The molecular weight excluding hydrogens is 287 g/mol. The second kappa shape index (κ2) is 4.79. The van der Waals surface area contributed by atoms with Crippen molar-refractivity contribution in [1.29, 1.82) is 0 Å².